The van der Waals surface area contributed by atoms with Crippen molar-refractivity contribution >= 4 is 17.5 Å². The monoisotopic (exact) mass is 274 g/mol. The average molecular weight is 274 g/mol. The van der Waals surface area contributed by atoms with E-state index in [1.54, 1.807) is 0 Å². The van der Waals surface area contributed by atoms with Crippen LogP contribution in [0.3, 0.4) is 0 Å². The summed E-state index contributed by atoms with van der Waals surface area (Å²) in [5.74, 6) is 0.541. The number of anilines is 3. The van der Waals surface area contributed by atoms with Gasteiger partial charge in [-0.3, -0.25) is 0 Å². The predicted octanol–water partition coefficient (Wildman–Crippen LogP) is 3.91. The minimum Gasteiger partial charge on any atom is -0.354 e. The number of halogens is 1. The van der Waals surface area contributed by atoms with Gasteiger partial charge < -0.3 is 10.6 Å². The highest BCUT2D eigenvalue weighted by atomic mass is 19.1. The lowest BCUT2D eigenvalue weighted by Crippen LogP contribution is -2.06. The van der Waals surface area contributed by atoms with Crippen LogP contribution >= 0.6 is 0 Å². The molecule has 0 saturated heterocycles. The van der Waals surface area contributed by atoms with Crippen LogP contribution in [0.4, 0.5) is 21.8 Å². The number of aromatic nitrogens is 2. The predicted molar refractivity (Wildman–Crippen MR) is 80.0 cm³/mol. The standard InChI is InChI=1S/C15H19FN4/c1-4-17-15-18-9-13(16)14(20-15)19-12-7-5-6-11(8-12)10(2)3/h5-10H,4H2,1-3H3,(H2,17,18,19,20). The molecule has 0 fully saturated rings. The molecule has 0 amide bonds. The molecule has 0 atom stereocenters. The molecule has 1 aromatic heterocycles. The summed E-state index contributed by atoms with van der Waals surface area (Å²) in [6.07, 6.45) is 1.17. The molecule has 2 N–H and O–H groups in total. The van der Waals surface area contributed by atoms with E-state index in [4.69, 9.17) is 0 Å². The summed E-state index contributed by atoms with van der Waals surface area (Å²) < 4.78 is 13.7. The SMILES string of the molecule is CCNc1ncc(F)c(Nc2cccc(C(C)C)c2)n1. The lowest BCUT2D eigenvalue weighted by Gasteiger charge is -2.11. The lowest BCUT2D eigenvalue weighted by molar-refractivity contribution is 0.619. The highest BCUT2D eigenvalue weighted by Gasteiger charge is 2.08. The summed E-state index contributed by atoms with van der Waals surface area (Å²) in [7, 11) is 0. The summed E-state index contributed by atoms with van der Waals surface area (Å²) >= 11 is 0. The van der Waals surface area contributed by atoms with Crippen LogP contribution in [0.5, 0.6) is 0 Å². The molecule has 5 heteroatoms. The van der Waals surface area contributed by atoms with Crippen LogP contribution in [0.1, 0.15) is 32.3 Å². The van der Waals surface area contributed by atoms with Crippen molar-refractivity contribution in [2.75, 3.05) is 17.2 Å². The van der Waals surface area contributed by atoms with Gasteiger partial charge in [0.1, 0.15) is 0 Å². The van der Waals surface area contributed by atoms with Gasteiger partial charge in [0.25, 0.3) is 0 Å². The number of rotatable bonds is 5. The number of hydrogen-bond donors (Lipinski definition) is 2. The Morgan fingerprint density at radius 3 is 2.80 bits per heavy atom. The van der Waals surface area contributed by atoms with Crippen molar-refractivity contribution in [3.8, 4) is 0 Å². The fourth-order valence-electron chi connectivity index (χ4n) is 1.81. The second-order valence-electron chi connectivity index (χ2n) is 4.83. The van der Waals surface area contributed by atoms with E-state index in [1.807, 2.05) is 25.1 Å². The van der Waals surface area contributed by atoms with Gasteiger partial charge in [-0.05, 0) is 30.5 Å². The van der Waals surface area contributed by atoms with E-state index in [-0.39, 0.29) is 5.82 Å². The molecule has 106 valence electrons. The first kappa shape index (κ1) is 14.2. The van der Waals surface area contributed by atoms with E-state index in [0.29, 0.717) is 18.4 Å². The zero-order chi connectivity index (χ0) is 14.5. The van der Waals surface area contributed by atoms with E-state index < -0.39 is 5.82 Å². The first-order valence-electron chi connectivity index (χ1n) is 6.73. The van der Waals surface area contributed by atoms with Crippen LogP contribution in [-0.4, -0.2) is 16.5 Å². The summed E-state index contributed by atoms with van der Waals surface area (Å²) in [6.45, 7) is 6.86. The van der Waals surface area contributed by atoms with Crippen molar-refractivity contribution in [1.82, 2.24) is 9.97 Å². The van der Waals surface area contributed by atoms with Crippen molar-refractivity contribution in [3.63, 3.8) is 0 Å². The lowest BCUT2D eigenvalue weighted by atomic mass is 10.0. The van der Waals surface area contributed by atoms with Gasteiger partial charge in [0.05, 0.1) is 6.20 Å². The van der Waals surface area contributed by atoms with Crippen LogP contribution in [0.15, 0.2) is 30.5 Å². The van der Waals surface area contributed by atoms with E-state index in [9.17, 15) is 4.39 Å². The molecular weight excluding hydrogens is 255 g/mol. The number of nitrogens with zero attached hydrogens (tertiary/aromatic N) is 2. The molecule has 0 spiro atoms. The second-order valence-corrected chi connectivity index (χ2v) is 4.83. The summed E-state index contributed by atoms with van der Waals surface area (Å²) in [5, 5.41) is 5.96. The van der Waals surface area contributed by atoms with Crippen LogP contribution in [0, 0.1) is 5.82 Å². The molecule has 0 unspecified atom stereocenters. The zero-order valence-electron chi connectivity index (χ0n) is 11.9. The van der Waals surface area contributed by atoms with Crippen molar-refractivity contribution < 1.29 is 4.39 Å². The fraction of sp³-hybridized carbons (Fsp3) is 0.333. The van der Waals surface area contributed by atoms with Crippen LogP contribution in [0.25, 0.3) is 0 Å². The third kappa shape index (κ3) is 3.44. The Labute approximate surface area is 118 Å². The Morgan fingerprint density at radius 1 is 1.30 bits per heavy atom. The third-order valence-electron chi connectivity index (χ3n) is 2.90. The Kier molecular flexibility index (Phi) is 4.50. The van der Waals surface area contributed by atoms with Crippen LogP contribution in [0.2, 0.25) is 0 Å². The Hall–Kier alpha value is -2.17. The zero-order valence-corrected chi connectivity index (χ0v) is 11.9. The normalized spacial score (nSPS) is 10.7. The molecular formula is C15H19FN4. The smallest absolute Gasteiger partial charge is 0.224 e. The molecule has 0 aliphatic rings. The summed E-state index contributed by atoms with van der Waals surface area (Å²) in [4.78, 5) is 8.00. The van der Waals surface area contributed by atoms with Gasteiger partial charge >= 0.3 is 0 Å². The van der Waals surface area contributed by atoms with E-state index >= 15 is 0 Å². The van der Waals surface area contributed by atoms with E-state index in [0.717, 1.165) is 5.69 Å². The van der Waals surface area contributed by atoms with Gasteiger partial charge in [0.15, 0.2) is 11.6 Å². The molecule has 1 aromatic carbocycles. The third-order valence-corrected chi connectivity index (χ3v) is 2.90. The largest absolute Gasteiger partial charge is 0.354 e. The minimum atomic E-state index is -0.471. The van der Waals surface area contributed by atoms with Crippen molar-refractivity contribution in [3.05, 3.63) is 41.8 Å². The quantitative estimate of drug-likeness (QED) is 0.867. The molecule has 2 aromatic rings. The molecule has 0 aliphatic heterocycles. The number of nitrogens with one attached hydrogen (secondary N) is 2. The van der Waals surface area contributed by atoms with Gasteiger partial charge in [-0.15, -0.1) is 0 Å². The fourth-order valence-corrected chi connectivity index (χ4v) is 1.81. The molecule has 4 nitrogen and oxygen atoms in total. The summed E-state index contributed by atoms with van der Waals surface area (Å²) in [5.41, 5.74) is 2.01. The van der Waals surface area contributed by atoms with Gasteiger partial charge in [-0.2, -0.15) is 4.98 Å². The van der Waals surface area contributed by atoms with Gasteiger partial charge in [-0.1, -0.05) is 26.0 Å². The first-order chi connectivity index (χ1) is 9.60. The van der Waals surface area contributed by atoms with Gasteiger partial charge in [0, 0.05) is 12.2 Å². The van der Waals surface area contributed by atoms with Crippen molar-refractivity contribution in [1.29, 1.82) is 0 Å². The van der Waals surface area contributed by atoms with Crippen molar-refractivity contribution in [2.45, 2.75) is 26.7 Å². The molecule has 2 rings (SSSR count). The average Bonchev–Trinajstić information content (AvgIpc) is 2.43. The molecule has 0 radical (unpaired) electrons. The Bertz CT molecular complexity index is 584. The second kappa shape index (κ2) is 6.32. The van der Waals surface area contributed by atoms with Crippen molar-refractivity contribution in [2.24, 2.45) is 0 Å². The summed E-state index contributed by atoms with van der Waals surface area (Å²) in [6, 6.07) is 7.89. The molecule has 0 saturated carbocycles. The van der Waals surface area contributed by atoms with Gasteiger partial charge in [-0.25, -0.2) is 9.37 Å². The maximum Gasteiger partial charge on any atom is 0.224 e. The van der Waals surface area contributed by atoms with E-state index in [2.05, 4.69) is 40.5 Å². The topological polar surface area (TPSA) is 49.8 Å². The Balaban J connectivity index is 2.24. The highest BCUT2D eigenvalue weighted by molar-refractivity contribution is 5.58. The van der Waals surface area contributed by atoms with E-state index in [1.165, 1.54) is 11.8 Å². The molecule has 0 aliphatic carbocycles. The maximum atomic E-state index is 13.7. The first-order valence-corrected chi connectivity index (χ1v) is 6.73. The number of benzene rings is 1. The Morgan fingerprint density at radius 2 is 2.10 bits per heavy atom. The van der Waals surface area contributed by atoms with Crippen LogP contribution < -0.4 is 10.6 Å². The van der Waals surface area contributed by atoms with Gasteiger partial charge in [0.2, 0.25) is 5.95 Å². The minimum absolute atomic E-state index is 0.178. The molecule has 1 heterocycles. The highest BCUT2D eigenvalue weighted by Crippen LogP contribution is 2.22. The maximum absolute atomic E-state index is 13.7. The van der Waals surface area contributed by atoms with Crippen LogP contribution in [-0.2, 0) is 0 Å². The molecule has 0 bridgehead atoms. The number of hydrogen-bond acceptors (Lipinski definition) is 4. The molecule has 20 heavy (non-hydrogen) atoms.